The van der Waals surface area contributed by atoms with E-state index >= 15 is 0 Å². The summed E-state index contributed by atoms with van der Waals surface area (Å²) in [5.41, 5.74) is 8.37. The number of hydrogen-bond acceptors (Lipinski definition) is 3. The molecule has 0 bridgehead atoms. The van der Waals surface area contributed by atoms with Crippen molar-refractivity contribution in [2.45, 2.75) is 32.7 Å². The minimum Gasteiger partial charge on any atom is -0.411 e. The highest BCUT2D eigenvalue weighted by Crippen LogP contribution is 2.13. The summed E-state index contributed by atoms with van der Waals surface area (Å²) >= 11 is 0. The first-order chi connectivity index (χ1) is 7.33. The number of oxime groups is 1. The van der Waals surface area contributed by atoms with Gasteiger partial charge in [-0.2, -0.15) is 0 Å². The molecule has 1 aromatic rings. The molecule has 0 spiro atoms. The van der Waals surface area contributed by atoms with E-state index in [0.717, 1.165) is 36.1 Å². The fourth-order valence-electron chi connectivity index (χ4n) is 1.56. The minimum atomic E-state index is 0.474. The van der Waals surface area contributed by atoms with Crippen LogP contribution < -0.4 is 5.73 Å². The zero-order valence-corrected chi connectivity index (χ0v) is 9.11. The summed E-state index contributed by atoms with van der Waals surface area (Å²) in [6, 6.07) is 7.80. The molecule has 3 heteroatoms. The molecule has 3 nitrogen and oxygen atoms in total. The third-order valence-corrected chi connectivity index (χ3v) is 2.44. The van der Waals surface area contributed by atoms with Gasteiger partial charge in [-0.15, -0.1) is 0 Å². The molecule has 0 saturated carbocycles. The van der Waals surface area contributed by atoms with E-state index in [4.69, 9.17) is 10.9 Å². The van der Waals surface area contributed by atoms with E-state index in [-0.39, 0.29) is 0 Å². The Labute approximate surface area is 90.6 Å². The van der Waals surface area contributed by atoms with E-state index in [1.165, 1.54) is 0 Å². The number of hydrogen-bond donors (Lipinski definition) is 2. The summed E-state index contributed by atoms with van der Waals surface area (Å²) in [6.07, 6.45) is 2.91. The number of rotatable bonds is 5. The van der Waals surface area contributed by atoms with Gasteiger partial charge in [0.25, 0.3) is 0 Å². The minimum absolute atomic E-state index is 0.474. The molecule has 0 aliphatic carbocycles. The standard InChI is InChI=1S/C12H18N2O/c1-2-3-8-12(14-15)11-7-5-4-6-10(11)9-13/h4-7,15H,2-3,8-9,13H2,1H3. The Kier molecular flexibility index (Phi) is 4.84. The summed E-state index contributed by atoms with van der Waals surface area (Å²) in [6.45, 7) is 2.59. The molecule has 0 amide bonds. The van der Waals surface area contributed by atoms with Gasteiger partial charge in [0.2, 0.25) is 0 Å². The maximum absolute atomic E-state index is 8.97. The lowest BCUT2D eigenvalue weighted by molar-refractivity contribution is 0.317. The molecule has 0 unspecified atom stereocenters. The number of benzene rings is 1. The average Bonchev–Trinajstić information content (AvgIpc) is 2.30. The molecule has 0 fully saturated rings. The van der Waals surface area contributed by atoms with Crippen LogP contribution in [0.2, 0.25) is 0 Å². The summed E-state index contributed by atoms with van der Waals surface area (Å²) in [7, 11) is 0. The normalized spacial score (nSPS) is 11.7. The van der Waals surface area contributed by atoms with E-state index < -0.39 is 0 Å². The smallest absolute Gasteiger partial charge is 0.0871 e. The lowest BCUT2D eigenvalue weighted by Crippen LogP contribution is -2.08. The monoisotopic (exact) mass is 206 g/mol. The molecular formula is C12H18N2O. The first-order valence-corrected chi connectivity index (χ1v) is 5.32. The van der Waals surface area contributed by atoms with Crippen LogP contribution in [0.4, 0.5) is 0 Å². The molecule has 0 radical (unpaired) electrons. The highest BCUT2D eigenvalue weighted by atomic mass is 16.4. The summed E-state index contributed by atoms with van der Waals surface area (Å²) < 4.78 is 0. The molecule has 0 heterocycles. The third kappa shape index (κ3) is 3.06. The molecule has 1 aromatic carbocycles. The Hall–Kier alpha value is -1.35. The molecule has 0 aromatic heterocycles. The number of unbranched alkanes of at least 4 members (excludes halogenated alkanes) is 1. The van der Waals surface area contributed by atoms with Crippen molar-refractivity contribution in [3.05, 3.63) is 35.4 Å². The molecule has 3 N–H and O–H groups in total. The summed E-state index contributed by atoms with van der Waals surface area (Å²) in [5, 5.41) is 12.3. The van der Waals surface area contributed by atoms with Gasteiger partial charge in [-0.25, -0.2) is 0 Å². The Morgan fingerprint density at radius 3 is 2.73 bits per heavy atom. The third-order valence-electron chi connectivity index (χ3n) is 2.44. The molecule has 0 saturated heterocycles. The van der Waals surface area contributed by atoms with Crippen molar-refractivity contribution in [2.75, 3.05) is 0 Å². The van der Waals surface area contributed by atoms with Gasteiger partial charge in [0.1, 0.15) is 0 Å². The van der Waals surface area contributed by atoms with E-state index in [2.05, 4.69) is 12.1 Å². The van der Waals surface area contributed by atoms with Gasteiger partial charge in [-0.3, -0.25) is 0 Å². The summed E-state index contributed by atoms with van der Waals surface area (Å²) in [4.78, 5) is 0. The van der Waals surface area contributed by atoms with Crippen molar-refractivity contribution in [1.29, 1.82) is 0 Å². The quantitative estimate of drug-likeness (QED) is 0.442. The largest absolute Gasteiger partial charge is 0.411 e. The lowest BCUT2D eigenvalue weighted by atomic mass is 9.99. The van der Waals surface area contributed by atoms with Crippen LogP contribution in [0.5, 0.6) is 0 Å². The highest BCUT2D eigenvalue weighted by Gasteiger charge is 2.07. The lowest BCUT2D eigenvalue weighted by Gasteiger charge is -2.08. The van der Waals surface area contributed by atoms with Crippen LogP contribution in [0.15, 0.2) is 29.4 Å². The van der Waals surface area contributed by atoms with E-state index in [1.54, 1.807) is 0 Å². The summed E-state index contributed by atoms with van der Waals surface area (Å²) in [5.74, 6) is 0. The molecule has 0 atom stereocenters. The van der Waals surface area contributed by atoms with E-state index in [1.807, 2.05) is 24.3 Å². The first-order valence-electron chi connectivity index (χ1n) is 5.32. The van der Waals surface area contributed by atoms with Gasteiger partial charge in [-0.1, -0.05) is 42.8 Å². The maximum atomic E-state index is 8.97. The van der Waals surface area contributed by atoms with Crippen LogP contribution in [-0.2, 0) is 6.54 Å². The van der Waals surface area contributed by atoms with Crippen molar-refractivity contribution in [3.8, 4) is 0 Å². The van der Waals surface area contributed by atoms with Crippen LogP contribution in [0, 0.1) is 0 Å². The zero-order chi connectivity index (χ0) is 11.1. The van der Waals surface area contributed by atoms with Crippen molar-refractivity contribution < 1.29 is 5.21 Å². The zero-order valence-electron chi connectivity index (χ0n) is 9.11. The average molecular weight is 206 g/mol. The van der Waals surface area contributed by atoms with Gasteiger partial charge in [-0.05, 0) is 18.4 Å². The Bertz CT molecular complexity index is 334. The highest BCUT2D eigenvalue weighted by molar-refractivity contribution is 6.01. The van der Waals surface area contributed by atoms with Crippen LogP contribution >= 0.6 is 0 Å². The topological polar surface area (TPSA) is 58.6 Å². The molecule has 15 heavy (non-hydrogen) atoms. The van der Waals surface area contributed by atoms with Gasteiger partial charge in [0.15, 0.2) is 0 Å². The second kappa shape index (κ2) is 6.19. The fraction of sp³-hybridized carbons (Fsp3) is 0.417. The van der Waals surface area contributed by atoms with Crippen molar-refractivity contribution in [2.24, 2.45) is 10.9 Å². The van der Waals surface area contributed by atoms with Gasteiger partial charge in [0.05, 0.1) is 5.71 Å². The molecule has 1 rings (SSSR count). The molecule has 0 aliphatic heterocycles. The van der Waals surface area contributed by atoms with Crippen LogP contribution in [0.1, 0.15) is 37.3 Å². The Morgan fingerprint density at radius 1 is 1.40 bits per heavy atom. The SMILES string of the molecule is CCCCC(=NO)c1ccccc1CN. The van der Waals surface area contributed by atoms with E-state index in [0.29, 0.717) is 6.54 Å². The van der Waals surface area contributed by atoms with Gasteiger partial charge < -0.3 is 10.9 Å². The van der Waals surface area contributed by atoms with Crippen LogP contribution in [0.3, 0.4) is 0 Å². The second-order valence-electron chi connectivity index (χ2n) is 3.51. The fourth-order valence-corrected chi connectivity index (χ4v) is 1.56. The van der Waals surface area contributed by atoms with Crippen molar-refractivity contribution in [1.82, 2.24) is 0 Å². The van der Waals surface area contributed by atoms with Crippen LogP contribution in [-0.4, -0.2) is 10.9 Å². The van der Waals surface area contributed by atoms with Gasteiger partial charge >= 0.3 is 0 Å². The molecular weight excluding hydrogens is 188 g/mol. The second-order valence-corrected chi connectivity index (χ2v) is 3.51. The molecule has 0 aliphatic rings. The predicted molar refractivity (Wildman–Crippen MR) is 62.2 cm³/mol. The van der Waals surface area contributed by atoms with Gasteiger partial charge in [0, 0.05) is 12.1 Å². The van der Waals surface area contributed by atoms with Crippen molar-refractivity contribution >= 4 is 5.71 Å². The first kappa shape index (κ1) is 11.7. The maximum Gasteiger partial charge on any atom is 0.0871 e. The number of nitrogens with zero attached hydrogens (tertiary/aromatic N) is 1. The molecule has 82 valence electrons. The van der Waals surface area contributed by atoms with Crippen LogP contribution in [0.25, 0.3) is 0 Å². The number of nitrogens with two attached hydrogens (primary N) is 1. The Morgan fingerprint density at radius 2 is 2.13 bits per heavy atom. The van der Waals surface area contributed by atoms with E-state index in [9.17, 15) is 0 Å². The predicted octanol–water partition coefficient (Wildman–Crippen LogP) is 2.51. The Balaban J connectivity index is 2.91. The van der Waals surface area contributed by atoms with Crippen molar-refractivity contribution in [3.63, 3.8) is 0 Å².